The zero-order valence-corrected chi connectivity index (χ0v) is 31.1. The Morgan fingerprint density at radius 1 is 0.444 bits per heavy atom. The maximum Gasteiger partial charge on any atom is 0.0546 e. The van der Waals surface area contributed by atoms with Crippen LogP contribution in [0.15, 0.2) is 176 Å². The summed E-state index contributed by atoms with van der Waals surface area (Å²) in [5.74, 6) is 0. The second-order valence-corrected chi connectivity index (χ2v) is 15.5. The molecule has 0 unspecified atom stereocenters. The molecular weight excluding hydrogens is 653 g/mol. The van der Waals surface area contributed by atoms with Crippen LogP contribution in [0.3, 0.4) is 0 Å². The van der Waals surface area contributed by atoms with Crippen molar-refractivity contribution in [2.45, 2.75) is 39.0 Å². The van der Waals surface area contributed by atoms with Crippen molar-refractivity contribution in [3.8, 4) is 11.1 Å². The van der Waals surface area contributed by atoms with Crippen molar-refractivity contribution >= 4 is 66.4 Å². The van der Waals surface area contributed by atoms with E-state index in [1.165, 1.54) is 71.5 Å². The lowest BCUT2D eigenvalue weighted by Crippen LogP contribution is -2.24. The Balaban J connectivity index is 1.40. The van der Waals surface area contributed by atoms with Gasteiger partial charge in [0, 0.05) is 44.3 Å². The van der Waals surface area contributed by atoms with Crippen molar-refractivity contribution in [3.05, 3.63) is 193 Å². The molecular formula is C52H42N2. The van der Waals surface area contributed by atoms with Crippen LogP contribution in [0, 0.1) is 6.92 Å². The van der Waals surface area contributed by atoms with Crippen LogP contribution >= 0.6 is 0 Å². The molecule has 9 aromatic carbocycles. The van der Waals surface area contributed by atoms with E-state index in [1.807, 2.05) is 0 Å². The summed E-state index contributed by atoms with van der Waals surface area (Å²) < 4.78 is 0. The number of rotatable bonds is 7. The van der Waals surface area contributed by atoms with E-state index in [9.17, 15) is 0 Å². The van der Waals surface area contributed by atoms with Gasteiger partial charge in [-0.15, -0.1) is 0 Å². The van der Waals surface area contributed by atoms with E-state index in [1.54, 1.807) is 0 Å². The average molecular weight is 695 g/mol. The van der Waals surface area contributed by atoms with E-state index in [2.05, 4.69) is 206 Å². The summed E-state index contributed by atoms with van der Waals surface area (Å²) in [5.41, 5.74) is 13.6. The highest BCUT2D eigenvalue weighted by molar-refractivity contribution is 6.32. The molecule has 0 amide bonds. The van der Waals surface area contributed by atoms with Crippen LogP contribution in [0.2, 0.25) is 0 Å². The van der Waals surface area contributed by atoms with Gasteiger partial charge in [-0.1, -0.05) is 129 Å². The van der Waals surface area contributed by atoms with Gasteiger partial charge in [-0.2, -0.15) is 0 Å². The Hall–Kier alpha value is -6.38. The van der Waals surface area contributed by atoms with E-state index in [4.69, 9.17) is 0 Å². The first kappa shape index (κ1) is 32.3. The van der Waals surface area contributed by atoms with Gasteiger partial charge in [-0.25, -0.2) is 0 Å². The van der Waals surface area contributed by atoms with Crippen molar-refractivity contribution in [1.82, 2.24) is 0 Å². The Morgan fingerprint density at radius 3 is 1.44 bits per heavy atom. The molecule has 0 aliphatic heterocycles. The molecule has 10 rings (SSSR count). The van der Waals surface area contributed by atoms with Crippen molar-refractivity contribution < 1.29 is 0 Å². The number of anilines is 6. The van der Waals surface area contributed by atoms with Crippen LogP contribution in [0.5, 0.6) is 0 Å². The summed E-state index contributed by atoms with van der Waals surface area (Å²) in [6, 6.07) is 64.9. The minimum Gasteiger partial charge on any atom is -0.310 e. The van der Waals surface area contributed by atoms with Crippen molar-refractivity contribution in [2.75, 3.05) is 9.80 Å². The lowest BCUT2D eigenvalue weighted by Gasteiger charge is -2.37. The predicted molar refractivity (Wildman–Crippen MR) is 231 cm³/mol. The summed E-state index contributed by atoms with van der Waals surface area (Å²) in [6.45, 7) is 7.06. The molecule has 1 aliphatic rings. The second kappa shape index (κ2) is 12.6. The molecule has 2 heteroatoms. The summed E-state index contributed by atoms with van der Waals surface area (Å²) in [4.78, 5) is 4.93. The highest BCUT2D eigenvalue weighted by atomic mass is 15.1. The van der Waals surface area contributed by atoms with Crippen LogP contribution in [0.25, 0.3) is 43.4 Å². The third-order valence-electron chi connectivity index (χ3n) is 11.7. The lowest BCUT2D eigenvalue weighted by molar-refractivity contribution is 0.475. The molecule has 2 nitrogen and oxygen atoms in total. The molecule has 1 aliphatic carbocycles. The zero-order valence-electron chi connectivity index (χ0n) is 31.1. The van der Waals surface area contributed by atoms with Gasteiger partial charge in [0.15, 0.2) is 0 Å². The number of hydrogen-bond donors (Lipinski definition) is 0. The van der Waals surface area contributed by atoms with Crippen LogP contribution in [0.4, 0.5) is 34.1 Å². The first-order valence-corrected chi connectivity index (χ1v) is 19.2. The predicted octanol–water partition coefficient (Wildman–Crippen LogP) is 14.7. The summed E-state index contributed by atoms with van der Waals surface area (Å²) in [7, 11) is 0. The van der Waals surface area contributed by atoms with Crippen molar-refractivity contribution in [2.24, 2.45) is 0 Å². The molecule has 0 aromatic heterocycles. The number of nitrogens with zero attached hydrogens (tertiary/aromatic N) is 2. The molecule has 0 spiro atoms. The number of para-hydroxylation sites is 4. The van der Waals surface area contributed by atoms with Crippen molar-refractivity contribution in [3.63, 3.8) is 0 Å². The Labute approximate surface area is 317 Å². The Bertz CT molecular complexity index is 2690. The van der Waals surface area contributed by atoms with Gasteiger partial charge < -0.3 is 9.80 Å². The number of benzene rings is 9. The Kier molecular flexibility index (Phi) is 7.56. The quantitative estimate of drug-likeness (QED) is 0.153. The topological polar surface area (TPSA) is 6.48 Å². The van der Waals surface area contributed by atoms with E-state index in [0.717, 1.165) is 35.6 Å². The van der Waals surface area contributed by atoms with E-state index in [0.29, 0.717) is 0 Å². The standard InChI is InChI=1S/C52H42N2/c1-35-24-26-36(27-25-35)44-34-48(54(40-20-12-6-13-21-40)41-22-14-7-15-23-41)45-33-46-49-37(30-31-52(46,2)3)32-47(43-29-28-42(44)50(45)51(43)49)53(38-16-8-4-9-17-38)39-18-10-5-11-19-39/h4-29,32-34H,30-31H2,1-3H3. The monoisotopic (exact) mass is 694 g/mol. The fourth-order valence-electron chi connectivity index (χ4n) is 8.96. The molecule has 0 atom stereocenters. The van der Waals surface area contributed by atoms with Crippen LogP contribution in [-0.2, 0) is 11.8 Å². The molecule has 0 heterocycles. The molecule has 0 saturated heterocycles. The molecule has 54 heavy (non-hydrogen) atoms. The lowest BCUT2D eigenvalue weighted by atomic mass is 9.70. The first-order valence-electron chi connectivity index (χ1n) is 19.2. The van der Waals surface area contributed by atoms with Gasteiger partial charge in [0.05, 0.1) is 11.4 Å². The Morgan fingerprint density at radius 2 is 0.926 bits per heavy atom. The molecule has 0 saturated carbocycles. The van der Waals surface area contributed by atoms with Gasteiger partial charge in [0.1, 0.15) is 0 Å². The second-order valence-electron chi connectivity index (χ2n) is 15.5. The van der Waals surface area contributed by atoms with Gasteiger partial charge in [-0.05, 0) is 125 Å². The maximum absolute atomic E-state index is 2.56. The molecule has 0 bridgehead atoms. The average Bonchev–Trinajstić information content (AvgIpc) is 3.21. The van der Waals surface area contributed by atoms with Gasteiger partial charge >= 0.3 is 0 Å². The summed E-state index contributed by atoms with van der Waals surface area (Å²) in [6.07, 6.45) is 2.13. The zero-order chi connectivity index (χ0) is 36.4. The number of aryl methyl sites for hydroxylation is 2. The maximum atomic E-state index is 2.56. The van der Waals surface area contributed by atoms with Crippen LogP contribution < -0.4 is 9.80 Å². The minimum absolute atomic E-state index is 0.0110. The van der Waals surface area contributed by atoms with E-state index < -0.39 is 0 Å². The first-order chi connectivity index (χ1) is 26.5. The van der Waals surface area contributed by atoms with Crippen LogP contribution in [-0.4, -0.2) is 0 Å². The number of hydrogen-bond acceptors (Lipinski definition) is 2. The SMILES string of the molecule is Cc1ccc(-c2cc(N(c3ccccc3)c3ccccc3)c3cc4c5c(cc(N(c6ccccc6)c6ccccc6)c6ccc2c3c65)CCC4(C)C)cc1. The van der Waals surface area contributed by atoms with Crippen molar-refractivity contribution in [1.29, 1.82) is 0 Å². The highest BCUT2D eigenvalue weighted by Crippen LogP contribution is 2.54. The minimum atomic E-state index is 0.0110. The van der Waals surface area contributed by atoms with Gasteiger partial charge in [0.2, 0.25) is 0 Å². The molecule has 0 fully saturated rings. The smallest absolute Gasteiger partial charge is 0.0546 e. The summed E-state index contributed by atoms with van der Waals surface area (Å²) in [5, 5.41) is 7.98. The largest absolute Gasteiger partial charge is 0.310 e. The fraction of sp³-hybridized carbons (Fsp3) is 0.115. The van der Waals surface area contributed by atoms with E-state index >= 15 is 0 Å². The highest BCUT2D eigenvalue weighted by Gasteiger charge is 2.33. The summed E-state index contributed by atoms with van der Waals surface area (Å²) >= 11 is 0. The third-order valence-corrected chi connectivity index (χ3v) is 11.7. The fourth-order valence-corrected chi connectivity index (χ4v) is 8.96. The van der Waals surface area contributed by atoms with Gasteiger partial charge in [-0.3, -0.25) is 0 Å². The molecule has 0 radical (unpaired) electrons. The molecule has 260 valence electrons. The molecule has 9 aromatic rings. The van der Waals surface area contributed by atoms with Crippen LogP contribution in [0.1, 0.15) is 37.0 Å². The third kappa shape index (κ3) is 5.16. The van der Waals surface area contributed by atoms with E-state index in [-0.39, 0.29) is 5.41 Å². The normalized spacial score (nSPS) is 13.5. The van der Waals surface area contributed by atoms with Gasteiger partial charge in [0.25, 0.3) is 0 Å². The molecule has 0 N–H and O–H groups in total.